The molecule has 0 aromatic rings. The number of hydrogen-bond donors (Lipinski definition) is 2. The number of rotatable bonds is 6. The SMILES string of the molecule is CN=C(NCCN(C)C1CCCCC1)N1CCCC(CC(N)=O)C1. The van der Waals surface area contributed by atoms with E-state index in [1.54, 1.807) is 0 Å². The Balaban J connectivity index is 1.74. The molecule has 0 radical (unpaired) electrons. The molecule has 2 aliphatic rings. The molecule has 1 saturated heterocycles. The van der Waals surface area contributed by atoms with Crippen molar-refractivity contribution in [3.8, 4) is 0 Å². The molecule has 1 saturated carbocycles. The Morgan fingerprint density at radius 2 is 2.00 bits per heavy atom. The van der Waals surface area contributed by atoms with Gasteiger partial charge in [-0.1, -0.05) is 19.3 Å². The van der Waals surface area contributed by atoms with Gasteiger partial charge in [0, 0.05) is 45.7 Å². The fraction of sp³-hybridized carbons (Fsp3) is 0.889. The third kappa shape index (κ3) is 5.96. The maximum absolute atomic E-state index is 11.2. The van der Waals surface area contributed by atoms with Crippen molar-refractivity contribution in [1.82, 2.24) is 15.1 Å². The Labute approximate surface area is 146 Å². The van der Waals surface area contributed by atoms with Crippen molar-refractivity contribution in [2.75, 3.05) is 40.3 Å². The predicted molar refractivity (Wildman–Crippen MR) is 99.0 cm³/mol. The number of aliphatic imine (C=N–C) groups is 1. The third-order valence-corrected chi connectivity index (χ3v) is 5.47. The number of likely N-dealkylation sites (tertiary alicyclic amines) is 1. The first-order chi connectivity index (χ1) is 11.6. The van der Waals surface area contributed by atoms with E-state index in [0.29, 0.717) is 12.3 Å². The molecule has 1 amide bonds. The van der Waals surface area contributed by atoms with Crippen LogP contribution in [0.1, 0.15) is 51.4 Å². The van der Waals surface area contributed by atoms with Gasteiger partial charge in [-0.3, -0.25) is 9.79 Å². The standard InChI is InChI=1S/C18H35N5O/c1-20-18(23-11-6-7-15(14-23)13-17(19)24)21-10-12-22(2)16-8-4-3-5-9-16/h15-16H,3-14H2,1-2H3,(H2,19,24)(H,20,21). The van der Waals surface area contributed by atoms with E-state index in [4.69, 9.17) is 5.73 Å². The molecule has 6 heteroatoms. The highest BCUT2D eigenvalue weighted by atomic mass is 16.1. The molecule has 2 rings (SSSR count). The molecule has 6 nitrogen and oxygen atoms in total. The highest BCUT2D eigenvalue weighted by Crippen LogP contribution is 2.21. The topological polar surface area (TPSA) is 74.0 Å². The number of primary amides is 1. The number of likely N-dealkylation sites (N-methyl/N-ethyl adjacent to an activating group) is 1. The fourth-order valence-electron chi connectivity index (χ4n) is 4.09. The molecule has 1 heterocycles. The van der Waals surface area contributed by atoms with E-state index >= 15 is 0 Å². The quantitative estimate of drug-likeness (QED) is 0.568. The lowest BCUT2D eigenvalue weighted by Crippen LogP contribution is -2.49. The van der Waals surface area contributed by atoms with Gasteiger partial charge in [-0.05, 0) is 38.6 Å². The first-order valence-electron chi connectivity index (χ1n) is 9.54. The van der Waals surface area contributed by atoms with Gasteiger partial charge in [-0.2, -0.15) is 0 Å². The summed E-state index contributed by atoms with van der Waals surface area (Å²) in [6.45, 7) is 3.84. The van der Waals surface area contributed by atoms with E-state index in [1.165, 1.54) is 32.1 Å². The van der Waals surface area contributed by atoms with Crippen molar-refractivity contribution in [1.29, 1.82) is 0 Å². The minimum atomic E-state index is -0.195. The zero-order valence-electron chi connectivity index (χ0n) is 15.5. The highest BCUT2D eigenvalue weighted by molar-refractivity contribution is 5.80. The smallest absolute Gasteiger partial charge is 0.217 e. The van der Waals surface area contributed by atoms with E-state index in [1.807, 2.05) is 7.05 Å². The maximum atomic E-state index is 11.2. The molecule has 0 aromatic carbocycles. The summed E-state index contributed by atoms with van der Waals surface area (Å²) in [5, 5.41) is 3.50. The Morgan fingerprint density at radius 3 is 2.67 bits per heavy atom. The minimum absolute atomic E-state index is 0.195. The number of hydrogen-bond acceptors (Lipinski definition) is 3. The first kappa shape index (κ1) is 19.0. The molecule has 0 bridgehead atoms. The zero-order valence-corrected chi connectivity index (χ0v) is 15.5. The van der Waals surface area contributed by atoms with Crippen LogP contribution in [-0.4, -0.2) is 68.0 Å². The van der Waals surface area contributed by atoms with Crippen molar-refractivity contribution in [3.63, 3.8) is 0 Å². The second-order valence-electron chi connectivity index (χ2n) is 7.37. The molecule has 1 aliphatic heterocycles. The fourth-order valence-corrected chi connectivity index (χ4v) is 4.09. The van der Waals surface area contributed by atoms with Crippen LogP contribution in [0.3, 0.4) is 0 Å². The molecule has 1 unspecified atom stereocenters. The van der Waals surface area contributed by atoms with Crippen LogP contribution in [0.25, 0.3) is 0 Å². The summed E-state index contributed by atoms with van der Waals surface area (Å²) in [7, 11) is 4.08. The van der Waals surface area contributed by atoms with Gasteiger partial charge < -0.3 is 20.9 Å². The third-order valence-electron chi connectivity index (χ3n) is 5.47. The summed E-state index contributed by atoms with van der Waals surface area (Å²) in [4.78, 5) is 20.4. The first-order valence-corrected chi connectivity index (χ1v) is 9.54. The van der Waals surface area contributed by atoms with Gasteiger partial charge in [0.2, 0.25) is 5.91 Å². The van der Waals surface area contributed by atoms with Gasteiger partial charge in [-0.15, -0.1) is 0 Å². The van der Waals surface area contributed by atoms with Crippen LogP contribution < -0.4 is 11.1 Å². The van der Waals surface area contributed by atoms with Crippen molar-refractivity contribution in [2.45, 2.75) is 57.4 Å². The molecule has 24 heavy (non-hydrogen) atoms. The normalized spacial score (nSPS) is 23.5. The van der Waals surface area contributed by atoms with Crippen molar-refractivity contribution in [3.05, 3.63) is 0 Å². The average Bonchev–Trinajstić information content (AvgIpc) is 2.59. The van der Waals surface area contributed by atoms with Gasteiger partial charge >= 0.3 is 0 Å². The van der Waals surface area contributed by atoms with Gasteiger partial charge in [-0.25, -0.2) is 0 Å². The van der Waals surface area contributed by atoms with Gasteiger partial charge in [0.25, 0.3) is 0 Å². The molecule has 138 valence electrons. The molecule has 3 N–H and O–H groups in total. The Bertz CT molecular complexity index is 420. The number of guanidine groups is 1. The van der Waals surface area contributed by atoms with Crippen LogP contribution >= 0.6 is 0 Å². The van der Waals surface area contributed by atoms with Gasteiger partial charge in [0.15, 0.2) is 5.96 Å². The molecule has 1 aliphatic carbocycles. The molecular weight excluding hydrogens is 302 g/mol. The van der Waals surface area contributed by atoms with Crippen LogP contribution in [-0.2, 0) is 4.79 Å². The Hall–Kier alpha value is -1.30. The van der Waals surface area contributed by atoms with Crippen molar-refractivity contribution in [2.24, 2.45) is 16.6 Å². The lowest BCUT2D eigenvalue weighted by molar-refractivity contribution is -0.119. The van der Waals surface area contributed by atoms with E-state index in [-0.39, 0.29) is 5.91 Å². The Kier molecular flexibility index (Phi) is 7.82. The van der Waals surface area contributed by atoms with Gasteiger partial charge in [0.05, 0.1) is 0 Å². The second kappa shape index (κ2) is 9.87. The monoisotopic (exact) mass is 337 g/mol. The van der Waals surface area contributed by atoms with Crippen LogP contribution in [0.4, 0.5) is 0 Å². The number of nitrogens with zero attached hydrogens (tertiary/aromatic N) is 3. The molecular formula is C18H35N5O. The van der Waals surface area contributed by atoms with E-state index < -0.39 is 0 Å². The number of nitrogens with two attached hydrogens (primary N) is 1. The molecule has 2 fully saturated rings. The lowest BCUT2D eigenvalue weighted by Gasteiger charge is -2.35. The van der Waals surface area contributed by atoms with Gasteiger partial charge in [0.1, 0.15) is 0 Å². The molecule has 1 atom stereocenters. The van der Waals surface area contributed by atoms with Crippen molar-refractivity contribution >= 4 is 11.9 Å². The summed E-state index contributed by atoms with van der Waals surface area (Å²) in [6.07, 6.45) is 9.49. The maximum Gasteiger partial charge on any atom is 0.217 e. The number of piperidine rings is 1. The van der Waals surface area contributed by atoms with Crippen LogP contribution in [0.2, 0.25) is 0 Å². The number of carbonyl (C=O) groups excluding carboxylic acids is 1. The number of carbonyl (C=O) groups is 1. The van der Waals surface area contributed by atoms with Crippen molar-refractivity contribution < 1.29 is 4.79 Å². The number of amides is 1. The Morgan fingerprint density at radius 1 is 1.25 bits per heavy atom. The minimum Gasteiger partial charge on any atom is -0.370 e. The predicted octanol–water partition coefficient (Wildman–Crippen LogP) is 1.41. The van der Waals surface area contributed by atoms with Crippen LogP contribution in [0.15, 0.2) is 4.99 Å². The second-order valence-corrected chi connectivity index (χ2v) is 7.37. The molecule has 0 spiro atoms. The molecule has 0 aromatic heterocycles. The summed E-state index contributed by atoms with van der Waals surface area (Å²) in [6, 6.07) is 0.748. The summed E-state index contributed by atoms with van der Waals surface area (Å²) >= 11 is 0. The summed E-state index contributed by atoms with van der Waals surface area (Å²) in [5.41, 5.74) is 5.35. The van der Waals surface area contributed by atoms with Crippen LogP contribution in [0.5, 0.6) is 0 Å². The van der Waals surface area contributed by atoms with Crippen LogP contribution in [0, 0.1) is 5.92 Å². The summed E-state index contributed by atoms with van der Waals surface area (Å²) in [5.74, 6) is 1.12. The lowest BCUT2D eigenvalue weighted by atomic mass is 9.94. The zero-order chi connectivity index (χ0) is 17.4. The van der Waals surface area contributed by atoms with E-state index in [0.717, 1.165) is 51.0 Å². The highest BCUT2D eigenvalue weighted by Gasteiger charge is 2.23. The summed E-state index contributed by atoms with van der Waals surface area (Å²) < 4.78 is 0. The largest absolute Gasteiger partial charge is 0.370 e. The van der Waals surface area contributed by atoms with E-state index in [2.05, 4.69) is 27.2 Å². The number of nitrogens with one attached hydrogen (secondary N) is 1. The van der Waals surface area contributed by atoms with E-state index in [9.17, 15) is 4.79 Å². The average molecular weight is 338 g/mol.